The molecule has 0 aliphatic carbocycles. The van der Waals surface area contributed by atoms with Crippen molar-refractivity contribution in [1.82, 2.24) is 5.32 Å². The number of esters is 1. The number of rotatable bonds is 7. The zero-order valence-electron chi connectivity index (χ0n) is 15.2. The smallest absolute Gasteiger partial charge is 0.342 e. The third kappa shape index (κ3) is 5.27. The number of ether oxygens (including phenoxy) is 3. The topological polar surface area (TPSA) is 99.9 Å². The van der Waals surface area contributed by atoms with Crippen molar-refractivity contribution in [2.45, 2.75) is 19.6 Å². The molecule has 1 amide bonds. The maximum atomic E-state index is 12.4. The number of hydrogen-bond donors (Lipinski definition) is 2. The molecule has 0 aromatic heterocycles. The van der Waals surface area contributed by atoms with E-state index in [4.69, 9.17) is 31.5 Å². The second-order valence-electron chi connectivity index (χ2n) is 5.69. The van der Waals surface area contributed by atoms with E-state index < -0.39 is 18.0 Å². The number of nitrogen functional groups attached to an aromatic ring is 1. The van der Waals surface area contributed by atoms with Crippen LogP contribution in [0.4, 0.5) is 5.69 Å². The van der Waals surface area contributed by atoms with Gasteiger partial charge >= 0.3 is 5.97 Å². The molecule has 2 aromatic carbocycles. The van der Waals surface area contributed by atoms with E-state index in [9.17, 15) is 9.59 Å². The Balaban J connectivity index is 1.97. The Morgan fingerprint density at radius 3 is 2.41 bits per heavy atom. The highest BCUT2D eigenvalue weighted by atomic mass is 35.5. The van der Waals surface area contributed by atoms with Crippen molar-refractivity contribution in [3.05, 3.63) is 52.5 Å². The van der Waals surface area contributed by atoms with Gasteiger partial charge in [0.1, 0.15) is 17.1 Å². The van der Waals surface area contributed by atoms with E-state index in [0.717, 1.165) is 11.3 Å². The monoisotopic (exact) mass is 392 g/mol. The van der Waals surface area contributed by atoms with Gasteiger partial charge in [-0.15, -0.1) is 0 Å². The normalized spacial score (nSPS) is 11.4. The molecule has 0 spiro atoms. The number of carbonyl (C=O) groups excluding carboxylic acids is 2. The molecule has 144 valence electrons. The molecule has 2 aromatic rings. The van der Waals surface area contributed by atoms with Crippen LogP contribution in [0.25, 0.3) is 0 Å². The predicted octanol–water partition coefficient (Wildman–Crippen LogP) is 2.80. The van der Waals surface area contributed by atoms with Crippen LogP contribution >= 0.6 is 11.6 Å². The van der Waals surface area contributed by atoms with Crippen LogP contribution in [0.3, 0.4) is 0 Å². The SMILES string of the molecule is COc1ccc(CNC(=O)C(C)OC(=O)c2cc(Cl)c(N)cc2OC)cc1. The van der Waals surface area contributed by atoms with E-state index in [1.165, 1.54) is 26.2 Å². The van der Waals surface area contributed by atoms with Crippen LogP contribution in [-0.2, 0) is 16.1 Å². The molecule has 2 rings (SSSR count). The highest BCUT2D eigenvalue weighted by Crippen LogP contribution is 2.29. The van der Waals surface area contributed by atoms with Crippen molar-refractivity contribution in [2.24, 2.45) is 0 Å². The molecule has 1 atom stereocenters. The van der Waals surface area contributed by atoms with Crippen LogP contribution in [0.1, 0.15) is 22.8 Å². The number of benzene rings is 2. The van der Waals surface area contributed by atoms with Crippen molar-refractivity contribution in [3.63, 3.8) is 0 Å². The van der Waals surface area contributed by atoms with Crippen LogP contribution in [0.15, 0.2) is 36.4 Å². The van der Waals surface area contributed by atoms with E-state index in [0.29, 0.717) is 6.54 Å². The number of carbonyl (C=O) groups is 2. The number of halogens is 1. The Morgan fingerprint density at radius 2 is 1.81 bits per heavy atom. The fraction of sp³-hybridized carbons (Fsp3) is 0.263. The van der Waals surface area contributed by atoms with Crippen molar-refractivity contribution in [2.75, 3.05) is 20.0 Å². The number of hydrogen-bond acceptors (Lipinski definition) is 6. The third-order valence-corrected chi connectivity index (χ3v) is 4.14. The van der Waals surface area contributed by atoms with E-state index >= 15 is 0 Å². The zero-order valence-corrected chi connectivity index (χ0v) is 16.0. The first-order chi connectivity index (χ1) is 12.8. The Hall–Kier alpha value is -2.93. The molecule has 0 heterocycles. The van der Waals surface area contributed by atoms with Gasteiger partial charge in [-0.3, -0.25) is 4.79 Å². The minimum atomic E-state index is -1.00. The van der Waals surface area contributed by atoms with Gasteiger partial charge in [0, 0.05) is 12.6 Å². The summed E-state index contributed by atoms with van der Waals surface area (Å²) in [5.74, 6) is -0.225. The molecular weight excluding hydrogens is 372 g/mol. The number of nitrogens with two attached hydrogens (primary N) is 1. The summed E-state index contributed by atoms with van der Waals surface area (Å²) >= 11 is 5.95. The van der Waals surface area contributed by atoms with Gasteiger partial charge in [0.05, 0.1) is 24.9 Å². The first-order valence-electron chi connectivity index (χ1n) is 8.10. The van der Waals surface area contributed by atoms with Crippen LogP contribution in [0.2, 0.25) is 5.02 Å². The molecule has 0 aliphatic heterocycles. The molecular formula is C19H21ClN2O5. The quantitative estimate of drug-likeness (QED) is 0.555. The second-order valence-corrected chi connectivity index (χ2v) is 6.09. The molecule has 0 fully saturated rings. The van der Waals surface area contributed by atoms with E-state index in [2.05, 4.69) is 5.32 Å². The average Bonchev–Trinajstić information content (AvgIpc) is 2.67. The average molecular weight is 393 g/mol. The lowest BCUT2D eigenvalue weighted by atomic mass is 10.2. The standard InChI is InChI=1S/C19H21ClN2O5/c1-11(18(23)22-10-12-4-6-13(25-2)7-5-12)27-19(24)14-8-15(20)16(21)9-17(14)26-3/h4-9,11H,10,21H2,1-3H3,(H,22,23). The molecule has 0 aliphatic rings. The Labute approximate surface area is 162 Å². The van der Waals surface area contributed by atoms with Gasteiger partial charge in [0.2, 0.25) is 0 Å². The summed E-state index contributed by atoms with van der Waals surface area (Å²) in [4.78, 5) is 24.5. The molecule has 0 radical (unpaired) electrons. The third-order valence-electron chi connectivity index (χ3n) is 3.82. The van der Waals surface area contributed by atoms with Crippen molar-refractivity contribution in [3.8, 4) is 11.5 Å². The van der Waals surface area contributed by atoms with E-state index in [-0.39, 0.29) is 22.0 Å². The molecule has 8 heteroatoms. The van der Waals surface area contributed by atoms with Crippen LogP contribution in [0.5, 0.6) is 11.5 Å². The lowest BCUT2D eigenvalue weighted by Gasteiger charge is -2.15. The van der Waals surface area contributed by atoms with Gasteiger partial charge in [-0.2, -0.15) is 0 Å². The zero-order chi connectivity index (χ0) is 20.0. The first kappa shape index (κ1) is 20.4. The summed E-state index contributed by atoms with van der Waals surface area (Å²) < 4.78 is 15.4. The van der Waals surface area contributed by atoms with Crippen LogP contribution < -0.4 is 20.5 Å². The maximum absolute atomic E-state index is 12.4. The second kappa shape index (κ2) is 9.14. The highest BCUT2D eigenvalue weighted by molar-refractivity contribution is 6.33. The summed E-state index contributed by atoms with van der Waals surface area (Å²) in [6.45, 7) is 1.77. The van der Waals surface area contributed by atoms with Gasteiger partial charge in [-0.05, 0) is 30.7 Å². The minimum absolute atomic E-state index is 0.0894. The number of methoxy groups -OCH3 is 2. The predicted molar refractivity (Wildman–Crippen MR) is 102 cm³/mol. The van der Waals surface area contributed by atoms with Gasteiger partial charge < -0.3 is 25.3 Å². The Morgan fingerprint density at radius 1 is 1.15 bits per heavy atom. The van der Waals surface area contributed by atoms with E-state index in [1.807, 2.05) is 12.1 Å². The van der Waals surface area contributed by atoms with Gasteiger partial charge in [0.25, 0.3) is 5.91 Å². The Kier molecular flexibility index (Phi) is 6.90. The summed E-state index contributed by atoms with van der Waals surface area (Å²) in [6, 6.07) is 10.0. The number of anilines is 1. The van der Waals surface area contributed by atoms with Crippen LogP contribution in [0, 0.1) is 0 Å². The van der Waals surface area contributed by atoms with E-state index in [1.54, 1.807) is 19.2 Å². The van der Waals surface area contributed by atoms with Gasteiger partial charge in [0.15, 0.2) is 6.10 Å². The number of nitrogens with one attached hydrogen (secondary N) is 1. The molecule has 1 unspecified atom stereocenters. The lowest BCUT2D eigenvalue weighted by molar-refractivity contribution is -0.129. The molecule has 0 bridgehead atoms. The summed E-state index contributed by atoms with van der Waals surface area (Å²) in [5.41, 5.74) is 6.94. The lowest BCUT2D eigenvalue weighted by Crippen LogP contribution is -2.35. The first-order valence-corrected chi connectivity index (χ1v) is 8.48. The molecule has 3 N–H and O–H groups in total. The minimum Gasteiger partial charge on any atom is -0.497 e. The summed E-state index contributed by atoms with van der Waals surface area (Å²) in [7, 11) is 2.97. The largest absolute Gasteiger partial charge is 0.497 e. The molecule has 27 heavy (non-hydrogen) atoms. The van der Waals surface area contributed by atoms with Crippen molar-refractivity contribution in [1.29, 1.82) is 0 Å². The maximum Gasteiger partial charge on any atom is 0.342 e. The Bertz CT molecular complexity index is 824. The van der Waals surface area contributed by atoms with Crippen molar-refractivity contribution >= 4 is 29.2 Å². The summed E-state index contributed by atoms with van der Waals surface area (Å²) in [6.07, 6.45) is -1.00. The molecule has 0 saturated carbocycles. The molecule has 0 saturated heterocycles. The van der Waals surface area contributed by atoms with Gasteiger partial charge in [-0.1, -0.05) is 23.7 Å². The summed E-state index contributed by atoms with van der Waals surface area (Å²) in [5, 5.41) is 2.90. The fourth-order valence-corrected chi connectivity index (χ4v) is 2.42. The molecule has 7 nitrogen and oxygen atoms in total. The fourth-order valence-electron chi connectivity index (χ4n) is 2.25. The highest BCUT2D eigenvalue weighted by Gasteiger charge is 2.22. The van der Waals surface area contributed by atoms with Gasteiger partial charge in [-0.25, -0.2) is 4.79 Å². The number of amides is 1. The van der Waals surface area contributed by atoms with Crippen LogP contribution in [-0.4, -0.2) is 32.2 Å². The van der Waals surface area contributed by atoms with Crippen molar-refractivity contribution < 1.29 is 23.8 Å².